The zero-order chi connectivity index (χ0) is 18.4. The predicted octanol–water partition coefficient (Wildman–Crippen LogP) is 1.12. The molecular weight excluding hydrogens is 318 g/mol. The lowest BCUT2D eigenvalue weighted by Gasteiger charge is -2.19. The van der Waals surface area contributed by atoms with E-state index >= 15 is 0 Å². The van der Waals surface area contributed by atoms with Crippen LogP contribution in [0.25, 0.3) is 0 Å². The summed E-state index contributed by atoms with van der Waals surface area (Å²) in [5, 5.41) is 11.1. The Labute approximate surface area is 142 Å². The number of carboxylic acids is 1. The van der Waals surface area contributed by atoms with Gasteiger partial charge >= 0.3 is 11.9 Å². The Morgan fingerprint density at radius 3 is 2.12 bits per heavy atom. The van der Waals surface area contributed by atoms with Gasteiger partial charge in [-0.25, -0.2) is 0 Å². The van der Waals surface area contributed by atoms with Crippen LogP contribution in [0.2, 0.25) is 0 Å². The first-order valence-electron chi connectivity index (χ1n) is 8.06. The van der Waals surface area contributed by atoms with E-state index in [2.05, 4.69) is 5.32 Å². The lowest BCUT2D eigenvalue weighted by Crippen LogP contribution is -2.28. The fourth-order valence-corrected chi connectivity index (χ4v) is 1.62. The van der Waals surface area contributed by atoms with Crippen molar-refractivity contribution in [3.63, 3.8) is 0 Å². The highest BCUT2D eigenvalue weighted by atomic mass is 16.6. The zero-order valence-corrected chi connectivity index (χ0v) is 14.8. The van der Waals surface area contributed by atoms with Crippen LogP contribution in [0.1, 0.15) is 46.5 Å². The van der Waals surface area contributed by atoms with E-state index in [9.17, 15) is 14.4 Å². The maximum Gasteiger partial charge on any atom is 0.306 e. The molecule has 0 fully saturated rings. The molecule has 0 aliphatic heterocycles. The van der Waals surface area contributed by atoms with Crippen molar-refractivity contribution in [2.75, 3.05) is 33.0 Å². The summed E-state index contributed by atoms with van der Waals surface area (Å²) in [7, 11) is 0. The van der Waals surface area contributed by atoms with Crippen LogP contribution in [-0.2, 0) is 28.6 Å². The summed E-state index contributed by atoms with van der Waals surface area (Å²) in [5.74, 6) is -1.34. The van der Waals surface area contributed by atoms with E-state index in [-0.39, 0.29) is 37.7 Å². The lowest BCUT2D eigenvalue weighted by atomic mass is 10.2. The van der Waals surface area contributed by atoms with Crippen LogP contribution in [0, 0.1) is 0 Å². The van der Waals surface area contributed by atoms with Gasteiger partial charge in [0.25, 0.3) is 0 Å². The first kappa shape index (κ1) is 22.3. The molecule has 1 amide bonds. The van der Waals surface area contributed by atoms with Crippen molar-refractivity contribution < 1.29 is 33.7 Å². The van der Waals surface area contributed by atoms with Crippen LogP contribution in [0.5, 0.6) is 0 Å². The minimum absolute atomic E-state index is 0.0284. The normalized spacial score (nSPS) is 11.1. The summed E-state index contributed by atoms with van der Waals surface area (Å²) in [5.41, 5.74) is -0.506. The fourth-order valence-electron chi connectivity index (χ4n) is 1.62. The fraction of sp³-hybridized carbons (Fsp3) is 0.812. The number of esters is 1. The van der Waals surface area contributed by atoms with Crippen molar-refractivity contribution in [2.45, 2.75) is 52.1 Å². The SMILES string of the molecule is CC(C)(C)OC(=O)CCCC(=O)NCCOCCOCCC(=O)O. The molecule has 0 aliphatic rings. The van der Waals surface area contributed by atoms with Gasteiger partial charge in [-0.05, 0) is 27.2 Å². The number of rotatable bonds is 13. The van der Waals surface area contributed by atoms with Crippen molar-refractivity contribution in [3.8, 4) is 0 Å². The number of hydrogen-bond acceptors (Lipinski definition) is 6. The Morgan fingerprint density at radius 2 is 1.54 bits per heavy atom. The summed E-state index contributed by atoms with van der Waals surface area (Å²) >= 11 is 0. The molecule has 0 radical (unpaired) electrons. The highest BCUT2D eigenvalue weighted by molar-refractivity contribution is 5.77. The van der Waals surface area contributed by atoms with Crippen LogP contribution in [-0.4, -0.2) is 61.5 Å². The first-order chi connectivity index (χ1) is 11.2. The minimum Gasteiger partial charge on any atom is -0.481 e. The maximum atomic E-state index is 11.5. The molecule has 24 heavy (non-hydrogen) atoms. The van der Waals surface area contributed by atoms with E-state index in [1.54, 1.807) is 20.8 Å². The average Bonchev–Trinajstić information content (AvgIpc) is 2.43. The van der Waals surface area contributed by atoms with Gasteiger partial charge in [0.15, 0.2) is 0 Å². The third-order valence-electron chi connectivity index (χ3n) is 2.61. The quantitative estimate of drug-likeness (QED) is 0.379. The molecular formula is C16H29NO7. The van der Waals surface area contributed by atoms with Crippen LogP contribution in [0.3, 0.4) is 0 Å². The molecule has 0 saturated heterocycles. The lowest BCUT2D eigenvalue weighted by molar-refractivity contribution is -0.155. The monoisotopic (exact) mass is 347 g/mol. The summed E-state index contributed by atoms with van der Waals surface area (Å²) in [6.45, 7) is 6.94. The number of nitrogens with one attached hydrogen (secondary N) is 1. The van der Waals surface area contributed by atoms with E-state index in [1.807, 2.05) is 0 Å². The van der Waals surface area contributed by atoms with E-state index in [4.69, 9.17) is 19.3 Å². The smallest absolute Gasteiger partial charge is 0.306 e. The van der Waals surface area contributed by atoms with E-state index in [0.717, 1.165) is 0 Å². The minimum atomic E-state index is -0.898. The molecule has 0 aliphatic carbocycles. The second-order valence-corrected chi connectivity index (χ2v) is 6.16. The van der Waals surface area contributed by atoms with E-state index < -0.39 is 11.6 Å². The number of aliphatic carboxylic acids is 1. The van der Waals surface area contributed by atoms with Crippen molar-refractivity contribution in [1.82, 2.24) is 5.32 Å². The van der Waals surface area contributed by atoms with E-state index in [1.165, 1.54) is 0 Å². The van der Waals surface area contributed by atoms with Gasteiger partial charge in [-0.2, -0.15) is 0 Å². The largest absolute Gasteiger partial charge is 0.481 e. The highest BCUT2D eigenvalue weighted by Crippen LogP contribution is 2.09. The molecule has 8 heteroatoms. The first-order valence-corrected chi connectivity index (χ1v) is 8.06. The highest BCUT2D eigenvalue weighted by Gasteiger charge is 2.16. The summed E-state index contributed by atoms with van der Waals surface area (Å²) in [6, 6.07) is 0. The molecule has 2 N–H and O–H groups in total. The van der Waals surface area contributed by atoms with Gasteiger partial charge < -0.3 is 24.6 Å². The molecule has 140 valence electrons. The van der Waals surface area contributed by atoms with Crippen LogP contribution in [0.4, 0.5) is 0 Å². The van der Waals surface area contributed by atoms with Gasteiger partial charge in [-0.3, -0.25) is 14.4 Å². The topological polar surface area (TPSA) is 111 Å². The molecule has 0 rings (SSSR count). The number of carboxylic acid groups (broad SMARTS) is 1. The molecule has 0 bridgehead atoms. The van der Waals surface area contributed by atoms with Gasteiger partial charge in [-0.15, -0.1) is 0 Å². The van der Waals surface area contributed by atoms with Gasteiger partial charge in [0, 0.05) is 19.4 Å². The number of ether oxygens (including phenoxy) is 3. The third kappa shape index (κ3) is 16.7. The number of amides is 1. The van der Waals surface area contributed by atoms with Crippen LogP contribution >= 0.6 is 0 Å². The van der Waals surface area contributed by atoms with Crippen molar-refractivity contribution in [2.24, 2.45) is 0 Å². The Morgan fingerprint density at radius 1 is 0.917 bits per heavy atom. The Kier molecular flexibility index (Phi) is 11.8. The molecule has 0 unspecified atom stereocenters. The molecule has 8 nitrogen and oxygen atoms in total. The maximum absolute atomic E-state index is 11.5. The van der Waals surface area contributed by atoms with Gasteiger partial charge in [0.1, 0.15) is 5.60 Å². The molecule has 0 saturated carbocycles. The third-order valence-corrected chi connectivity index (χ3v) is 2.61. The molecule has 0 aromatic heterocycles. The van der Waals surface area contributed by atoms with Gasteiger partial charge in [0.2, 0.25) is 5.91 Å². The average molecular weight is 347 g/mol. The van der Waals surface area contributed by atoms with Crippen LogP contribution < -0.4 is 5.32 Å². The summed E-state index contributed by atoms with van der Waals surface area (Å²) in [4.78, 5) is 33.2. The van der Waals surface area contributed by atoms with Crippen LogP contribution in [0.15, 0.2) is 0 Å². The standard InChI is InChI=1S/C16H29NO7/c1-16(2,3)24-15(21)6-4-5-13(18)17-8-10-23-12-11-22-9-7-14(19)20/h4-12H2,1-3H3,(H,17,18)(H,19,20). The number of carbonyl (C=O) groups excluding carboxylic acids is 2. The molecule has 0 heterocycles. The van der Waals surface area contributed by atoms with Crippen molar-refractivity contribution in [1.29, 1.82) is 0 Å². The van der Waals surface area contributed by atoms with Gasteiger partial charge in [-0.1, -0.05) is 0 Å². The Bertz CT molecular complexity index is 390. The van der Waals surface area contributed by atoms with E-state index in [0.29, 0.717) is 32.8 Å². The summed E-state index contributed by atoms with van der Waals surface area (Å²) in [6.07, 6.45) is 0.894. The van der Waals surface area contributed by atoms with Crippen molar-refractivity contribution in [3.05, 3.63) is 0 Å². The Hall–Kier alpha value is -1.67. The molecule has 0 aromatic rings. The molecule has 0 atom stereocenters. The molecule has 0 spiro atoms. The summed E-state index contributed by atoms with van der Waals surface area (Å²) < 4.78 is 15.4. The number of carbonyl (C=O) groups is 3. The predicted molar refractivity (Wildman–Crippen MR) is 86.6 cm³/mol. The Balaban J connectivity index is 3.41. The van der Waals surface area contributed by atoms with Crippen molar-refractivity contribution >= 4 is 17.8 Å². The number of hydrogen-bond donors (Lipinski definition) is 2. The van der Waals surface area contributed by atoms with Gasteiger partial charge in [0.05, 0.1) is 32.8 Å². The molecule has 0 aromatic carbocycles. The zero-order valence-electron chi connectivity index (χ0n) is 14.8. The second-order valence-electron chi connectivity index (χ2n) is 6.16. The second kappa shape index (κ2) is 12.7.